The van der Waals surface area contributed by atoms with Gasteiger partial charge in [0.25, 0.3) is 0 Å². The largest absolute Gasteiger partial charge is 0.506 e. The van der Waals surface area contributed by atoms with E-state index in [4.69, 9.17) is 0 Å². The Morgan fingerprint density at radius 2 is 0.417 bits per heavy atom. The smallest absolute Gasteiger partial charge is 0.200 e. The minimum Gasteiger partial charge on any atom is -0.506 e. The summed E-state index contributed by atoms with van der Waals surface area (Å²) in [6.45, 7) is 0. The van der Waals surface area contributed by atoms with E-state index >= 15 is 0 Å². The Hall–Kier alpha value is -5.76. The molecule has 0 unspecified atom stereocenters. The van der Waals surface area contributed by atoms with Gasteiger partial charge in [0, 0.05) is 18.6 Å². The van der Waals surface area contributed by atoms with E-state index in [0.29, 0.717) is 0 Å². The summed E-state index contributed by atoms with van der Waals surface area (Å²) in [6, 6.07) is 0. The number of aliphatic imine (C=N–C) groups is 3. The van der Waals surface area contributed by atoms with Crippen LogP contribution in [0.15, 0.2) is 15.0 Å². The third kappa shape index (κ3) is 5.59. The first kappa shape index (κ1) is 35.1. The number of halogens is 15. The van der Waals surface area contributed by atoms with Crippen LogP contribution in [-0.2, 0) is 0 Å². The Kier molecular flexibility index (Phi) is 9.36. The van der Waals surface area contributed by atoms with Gasteiger partial charge in [-0.25, -0.2) is 80.8 Å². The molecule has 3 N–H and O–H groups in total. The fraction of sp³-hybridized carbons (Fsp3) is 0. The van der Waals surface area contributed by atoms with Crippen molar-refractivity contribution in [2.24, 2.45) is 15.0 Å². The summed E-state index contributed by atoms with van der Waals surface area (Å²) in [4.78, 5) is 8.69. The van der Waals surface area contributed by atoms with Gasteiger partial charge in [0.15, 0.2) is 69.8 Å². The molecule has 0 aliphatic heterocycles. The first-order valence-electron chi connectivity index (χ1n) is 11.8. The highest BCUT2D eigenvalue weighted by Gasteiger charge is 2.29. The molecule has 252 valence electrons. The summed E-state index contributed by atoms with van der Waals surface area (Å²) in [7, 11) is 0. The number of hydrogen-bond donors (Lipinski definition) is 3. The van der Waals surface area contributed by atoms with Crippen LogP contribution in [0.2, 0.25) is 0 Å². The Balaban J connectivity index is 2.03. The van der Waals surface area contributed by atoms with Crippen molar-refractivity contribution in [2.75, 3.05) is 0 Å². The number of nitrogens with zero attached hydrogens (tertiary/aromatic N) is 3. The predicted molar refractivity (Wildman–Crippen MR) is 132 cm³/mol. The van der Waals surface area contributed by atoms with E-state index < -0.39 is 138 Å². The molecule has 0 radical (unpaired) electrons. The molecule has 0 aliphatic rings. The zero-order valence-electron chi connectivity index (χ0n) is 22.1. The van der Waals surface area contributed by atoms with Gasteiger partial charge >= 0.3 is 0 Å². The molecule has 0 heterocycles. The molecular weight excluding hydrogens is 699 g/mol. The lowest BCUT2D eigenvalue weighted by Crippen LogP contribution is -2.03. The van der Waals surface area contributed by atoms with Gasteiger partial charge in [0.2, 0.25) is 17.5 Å². The second-order valence-electron chi connectivity index (χ2n) is 8.82. The quantitative estimate of drug-likeness (QED) is 0.0818. The van der Waals surface area contributed by atoms with Crippen LogP contribution < -0.4 is 0 Å². The Morgan fingerprint density at radius 1 is 0.271 bits per heavy atom. The SMILES string of the molecule is Oc1c(C=Nc2c(F)c(F)c(F)c(F)c2F)c(O)c(C=Nc2c(F)c(F)c(F)c(F)c2F)c(O)c1C=Nc1c(F)c(F)c(F)c(F)c1F. The highest BCUT2D eigenvalue weighted by molar-refractivity contribution is 6.04. The molecule has 0 aliphatic carbocycles. The predicted octanol–water partition coefficient (Wildman–Crippen LogP) is 8.14. The molecule has 0 saturated heterocycles. The van der Waals surface area contributed by atoms with E-state index in [1.54, 1.807) is 0 Å². The maximum atomic E-state index is 14.1. The molecule has 0 spiro atoms. The van der Waals surface area contributed by atoms with Crippen molar-refractivity contribution in [3.63, 3.8) is 0 Å². The fourth-order valence-corrected chi connectivity index (χ4v) is 3.65. The molecule has 0 amide bonds. The molecule has 0 atom stereocenters. The van der Waals surface area contributed by atoms with Crippen molar-refractivity contribution in [3.05, 3.63) is 104 Å². The minimum absolute atomic E-state index is 0.103. The van der Waals surface area contributed by atoms with Crippen LogP contribution in [0.3, 0.4) is 0 Å². The van der Waals surface area contributed by atoms with E-state index in [0.717, 1.165) is 0 Å². The van der Waals surface area contributed by atoms with Crippen molar-refractivity contribution < 1.29 is 81.2 Å². The van der Waals surface area contributed by atoms with Gasteiger partial charge < -0.3 is 15.3 Å². The van der Waals surface area contributed by atoms with Crippen LogP contribution in [-0.4, -0.2) is 34.0 Å². The zero-order valence-corrected chi connectivity index (χ0v) is 22.1. The number of phenolic OH excluding ortho intramolecular Hbond substituents is 3. The number of hydrogen-bond acceptors (Lipinski definition) is 6. The van der Waals surface area contributed by atoms with E-state index in [9.17, 15) is 81.2 Å². The van der Waals surface area contributed by atoms with Gasteiger partial charge in [0.1, 0.15) is 34.3 Å². The van der Waals surface area contributed by atoms with Crippen molar-refractivity contribution in [3.8, 4) is 17.2 Å². The standard InChI is InChI=1S/C27H6F15N3O3/c28-7-10(31)16(37)22(17(38)11(7)32)43-1-4-25(46)5(2-44-23-18(39)12(33)8(29)13(34)19(23)40)27(48)6(26(4)47)3-45-24-20(41)14(35)9(30)15(36)21(24)42/h1-3,46-48H. The van der Waals surface area contributed by atoms with Gasteiger partial charge in [-0.05, 0) is 0 Å². The van der Waals surface area contributed by atoms with Crippen LogP contribution in [0.5, 0.6) is 17.2 Å². The lowest BCUT2D eigenvalue weighted by atomic mass is 10.0. The lowest BCUT2D eigenvalue weighted by molar-refractivity contribution is 0.381. The third-order valence-corrected chi connectivity index (χ3v) is 6.06. The molecule has 6 nitrogen and oxygen atoms in total. The van der Waals surface area contributed by atoms with Crippen LogP contribution in [0, 0.1) is 87.3 Å². The molecule has 48 heavy (non-hydrogen) atoms. The second kappa shape index (κ2) is 12.8. The Labute approximate surface area is 253 Å². The molecule has 0 saturated carbocycles. The van der Waals surface area contributed by atoms with Crippen LogP contribution >= 0.6 is 0 Å². The van der Waals surface area contributed by atoms with Crippen molar-refractivity contribution in [2.45, 2.75) is 0 Å². The van der Waals surface area contributed by atoms with Crippen molar-refractivity contribution >= 4 is 35.7 Å². The van der Waals surface area contributed by atoms with Crippen LogP contribution in [0.4, 0.5) is 82.9 Å². The first-order valence-corrected chi connectivity index (χ1v) is 11.8. The molecule has 4 aromatic rings. The van der Waals surface area contributed by atoms with Crippen molar-refractivity contribution in [1.82, 2.24) is 0 Å². The number of rotatable bonds is 6. The van der Waals surface area contributed by atoms with Crippen LogP contribution in [0.25, 0.3) is 0 Å². The van der Waals surface area contributed by atoms with Gasteiger partial charge in [-0.15, -0.1) is 0 Å². The normalized spacial score (nSPS) is 12.1. The Bertz CT molecular complexity index is 1790. The first-order chi connectivity index (χ1) is 22.3. The summed E-state index contributed by atoms with van der Waals surface area (Å²) in [5.41, 5.74) is -10.1. The summed E-state index contributed by atoms with van der Waals surface area (Å²) in [6.07, 6.45) is -0.310. The van der Waals surface area contributed by atoms with E-state index in [1.807, 2.05) is 0 Å². The van der Waals surface area contributed by atoms with Gasteiger partial charge in [-0.3, -0.25) is 0 Å². The molecule has 0 aromatic heterocycles. The zero-order chi connectivity index (χ0) is 36.1. The maximum Gasteiger partial charge on any atom is 0.200 e. The van der Waals surface area contributed by atoms with Gasteiger partial charge in [-0.1, -0.05) is 0 Å². The van der Waals surface area contributed by atoms with Gasteiger partial charge in [0.05, 0.1) is 16.7 Å². The van der Waals surface area contributed by atoms with Gasteiger partial charge in [-0.2, -0.15) is 0 Å². The number of phenols is 3. The van der Waals surface area contributed by atoms with E-state index in [1.165, 1.54) is 0 Å². The Morgan fingerprint density at radius 3 is 0.583 bits per heavy atom. The molecule has 21 heteroatoms. The minimum atomic E-state index is -2.64. The molecule has 4 rings (SSSR count). The third-order valence-electron chi connectivity index (χ3n) is 6.06. The number of aromatic hydroxyl groups is 3. The van der Waals surface area contributed by atoms with Crippen molar-refractivity contribution in [1.29, 1.82) is 0 Å². The van der Waals surface area contributed by atoms with E-state index in [2.05, 4.69) is 15.0 Å². The monoisotopic (exact) mass is 705 g/mol. The molecule has 4 aromatic carbocycles. The lowest BCUT2D eigenvalue weighted by Gasteiger charge is -2.13. The highest BCUT2D eigenvalue weighted by Crippen LogP contribution is 2.41. The summed E-state index contributed by atoms with van der Waals surface area (Å²) < 4.78 is 207. The maximum absolute atomic E-state index is 14.1. The topological polar surface area (TPSA) is 97.8 Å². The summed E-state index contributed by atoms with van der Waals surface area (Å²) in [5.74, 6) is -43.6. The molecule has 0 fully saturated rings. The fourth-order valence-electron chi connectivity index (χ4n) is 3.65. The average molecular weight is 705 g/mol. The van der Waals surface area contributed by atoms with E-state index in [-0.39, 0.29) is 18.6 Å². The highest BCUT2D eigenvalue weighted by atomic mass is 19.2. The summed E-state index contributed by atoms with van der Waals surface area (Å²) in [5, 5.41) is 31.8. The molecule has 0 bridgehead atoms. The average Bonchev–Trinajstić information content (AvgIpc) is 3.06. The molecular formula is C27H6F15N3O3. The number of benzene rings is 4. The van der Waals surface area contributed by atoms with Crippen LogP contribution in [0.1, 0.15) is 16.7 Å². The second-order valence-corrected chi connectivity index (χ2v) is 8.82. The summed E-state index contributed by atoms with van der Waals surface area (Å²) >= 11 is 0.